The Balaban J connectivity index is 1.34. The van der Waals surface area contributed by atoms with Gasteiger partial charge in [-0.05, 0) is 49.2 Å². The normalized spacial score (nSPS) is 18.3. The van der Waals surface area contributed by atoms with E-state index in [1.54, 1.807) is 12.1 Å². The molecule has 2 aromatic carbocycles. The number of thioether (sulfide) groups is 1. The van der Waals surface area contributed by atoms with Crippen LogP contribution in [-0.2, 0) is 22.4 Å². The molecule has 3 heterocycles. The van der Waals surface area contributed by atoms with Crippen molar-refractivity contribution in [3.8, 4) is 5.69 Å². The number of rotatable bonds is 7. The van der Waals surface area contributed by atoms with E-state index in [-0.39, 0.29) is 23.5 Å². The number of carbonyl (C=O) groups excluding carboxylic acids is 1. The summed E-state index contributed by atoms with van der Waals surface area (Å²) in [7, 11) is 0. The number of aromatic nitrogens is 3. The van der Waals surface area contributed by atoms with Crippen molar-refractivity contribution < 1.29 is 13.9 Å². The second-order valence-corrected chi connectivity index (χ2v) is 9.59. The molecule has 1 amide bonds. The Morgan fingerprint density at radius 2 is 1.88 bits per heavy atom. The van der Waals surface area contributed by atoms with E-state index >= 15 is 0 Å². The van der Waals surface area contributed by atoms with Gasteiger partial charge in [-0.25, -0.2) is 4.39 Å². The lowest BCUT2D eigenvalue weighted by molar-refractivity contribution is -0.116. The molecule has 2 aliphatic rings. The van der Waals surface area contributed by atoms with E-state index in [1.165, 1.54) is 29.5 Å². The van der Waals surface area contributed by atoms with E-state index < -0.39 is 0 Å². The van der Waals surface area contributed by atoms with Gasteiger partial charge in [-0.3, -0.25) is 14.3 Å². The number of nitrogens with zero attached hydrogens (tertiary/aromatic N) is 5. The van der Waals surface area contributed by atoms with Gasteiger partial charge < -0.3 is 9.64 Å². The highest BCUT2D eigenvalue weighted by Gasteiger charge is 2.30. The zero-order valence-electron chi connectivity index (χ0n) is 19.2. The summed E-state index contributed by atoms with van der Waals surface area (Å²) in [5.41, 5.74) is 2.98. The largest absolute Gasteiger partial charge is 0.379 e. The van der Waals surface area contributed by atoms with Crippen LogP contribution in [0.3, 0.4) is 0 Å². The van der Waals surface area contributed by atoms with Crippen molar-refractivity contribution in [1.82, 2.24) is 19.7 Å². The fourth-order valence-corrected chi connectivity index (χ4v) is 5.46. The van der Waals surface area contributed by atoms with E-state index in [2.05, 4.69) is 28.1 Å². The zero-order chi connectivity index (χ0) is 23.5. The third-order valence-corrected chi connectivity index (χ3v) is 7.25. The molecular weight excluding hydrogens is 453 g/mol. The summed E-state index contributed by atoms with van der Waals surface area (Å²) in [6.45, 7) is 6.20. The fraction of sp³-hybridized carbons (Fsp3) is 0.400. The number of halogens is 1. The first kappa shape index (κ1) is 23.0. The molecule has 5 rings (SSSR count). The maximum atomic E-state index is 13.6. The van der Waals surface area contributed by atoms with Crippen LogP contribution >= 0.6 is 11.8 Å². The number of anilines is 1. The lowest BCUT2D eigenvalue weighted by Gasteiger charge is -2.26. The summed E-state index contributed by atoms with van der Waals surface area (Å²) >= 11 is 1.37. The molecule has 9 heteroatoms. The van der Waals surface area contributed by atoms with Gasteiger partial charge in [0.05, 0.1) is 19.0 Å². The molecule has 3 aromatic rings. The minimum absolute atomic E-state index is 0.0472. The standard InChI is InChI=1S/C25H28FN5O2S/c1-18-16-19-4-2-3-5-22(19)30(18)24(32)17-34-25-28-27-23(10-11-29-12-14-33-15-13-29)31(25)21-8-6-20(26)7-9-21/h2-9,18H,10-17H2,1H3. The molecule has 1 unspecified atom stereocenters. The van der Waals surface area contributed by atoms with Gasteiger partial charge in [0, 0.05) is 43.5 Å². The Morgan fingerprint density at radius 1 is 1.12 bits per heavy atom. The van der Waals surface area contributed by atoms with Crippen molar-refractivity contribution in [2.75, 3.05) is 43.5 Å². The Morgan fingerprint density at radius 3 is 2.68 bits per heavy atom. The van der Waals surface area contributed by atoms with Crippen LogP contribution in [0.15, 0.2) is 53.7 Å². The van der Waals surface area contributed by atoms with Gasteiger partial charge in [-0.15, -0.1) is 10.2 Å². The van der Waals surface area contributed by atoms with Gasteiger partial charge in [0.1, 0.15) is 11.6 Å². The predicted octanol–water partition coefficient (Wildman–Crippen LogP) is 3.35. The molecule has 1 atom stereocenters. The minimum Gasteiger partial charge on any atom is -0.379 e. The Bertz CT molecular complexity index is 1150. The molecule has 0 radical (unpaired) electrons. The van der Waals surface area contributed by atoms with Crippen LogP contribution in [0.4, 0.5) is 10.1 Å². The smallest absolute Gasteiger partial charge is 0.237 e. The van der Waals surface area contributed by atoms with Crippen molar-refractivity contribution in [2.24, 2.45) is 0 Å². The number of hydrogen-bond acceptors (Lipinski definition) is 6. The van der Waals surface area contributed by atoms with Crippen molar-refractivity contribution in [3.05, 3.63) is 65.7 Å². The monoisotopic (exact) mass is 481 g/mol. The number of benzene rings is 2. The molecule has 1 aromatic heterocycles. The molecule has 34 heavy (non-hydrogen) atoms. The summed E-state index contributed by atoms with van der Waals surface area (Å²) in [4.78, 5) is 17.4. The minimum atomic E-state index is -0.294. The first-order valence-corrected chi connectivity index (χ1v) is 12.6. The van der Waals surface area contributed by atoms with Crippen LogP contribution in [-0.4, -0.2) is 70.2 Å². The van der Waals surface area contributed by atoms with E-state index in [4.69, 9.17) is 4.74 Å². The number of carbonyl (C=O) groups is 1. The average molecular weight is 482 g/mol. The van der Waals surface area contributed by atoms with E-state index in [9.17, 15) is 9.18 Å². The summed E-state index contributed by atoms with van der Waals surface area (Å²) in [6.07, 6.45) is 1.57. The molecule has 0 aliphatic carbocycles. The molecule has 2 aliphatic heterocycles. The van der Waals surface area contributed by atoms with Gasteiger partial charge in [0.25, 0.3) is 0 Å². The molecule has 0 N–H and O–H groups in total. The second-order valence-electron chi connectivity index (χ2n) is 8.65. The number of ether oxygens (including phenoxy) is 1. The number of morpholine rings is 1. The topological polar surface area (TPSA) is 63.5 Å². The molecule has 0 bridgehead atoms. The third kappa shape index (κ3) is 4.87. The number of amides is 1. The quantitative estimate of drug-likeness (QED) is 0.483. The average Bonchev–Trinajstić information content (AvgIpc) is 3.42. The van der Waals surface area contributed by atoms with Crippen LogP contribution in [0.2, 0.25) is 0 Å². The summed E-state index contributed by atoms with van der Waals surface area (Å²) < 4.78 is 21.0. The molecule has 7 nitrogen and oxygen atoms in total. The zero-order valence-corrected chi connectivity index (χ0v) is 20.0. The van der Waals surface area contributed by atoms with Crippen LogP contribution in [0.25, 0.3) is 5.69 Å². The highest BCUT2D eigenvalue weighted by atomic mass is 32.2. The van der Waals surface area contributed by atoms with E-state index in [0.29, 0.717) is 11.6 Å². The Kier molecular flexibility index (Phi) is 6.94. The van der Waals surface area contributed by atoms with E-state index in [0.717, 1.165) is 56.5 Å². The van der Waals surface area contributed by atoms with Crippen LogP contribution in [0, 0.1) is 5.82 Å². The summed E-state index contributed by atoms with van der Waals surface area (Å²) in [6, 6.07) is 14.5. The molecule has 1 fully saturated rings. The van der Waals surface area contributed by atoms with Crippen LogP contribution in [0.5, 0.6) is 0 Å². The Labute approximate surface area is 202 Å². The maximum Gasteiger partial charge on any atom is 0.237 e. The van der Waals surface area contributed by atoms with Crippen LogP contribution < -0.4 is 4.90 Å². The van der Waals surface area contributed by atoms with E-state index in [1.807, 2.05) is 27.7 Å². The van der Waals surface area contributed by atoms with Crippen molar-refractivity contribution >= 4 is 23.4 Å². The SMILES string of the molecule is CC1Cc2ccccc2N1C(=O)CSc1nnc(CCN2CCOCC2)n1-c1ccc(F)cc1. The molecular formula is C25H28FN5O2S. The van der Waals surface area contributed by atoms with Crippen molar-refractivity contribution in [1.29, 1.82) is 0 Å². The summed E-state index contributed by atoms with van der Waals surface area (Å²) in [5, 5.41) is 9.49. The highest BCUT2D eigenvalue weighted by molar-refractivity contribution is 7.99. The lowest BCUT2D eigenvalue weighted by Crippen LogP contribution is -2.37. The van der Waals surface area contributed by atoms with Gasteiger partial charge in [0.15, 0.2) is 5.16 Å². The number of hydrogen-bond donors (Lipinski definition) is 0. The Hall–Kier alpha value is -2.75. The first-order valence-electron chi connectivity index (χ1n) is 11.6. The van der Waals surface area contributed by atoms with Gasteiger partial charge >= 0.3 is 0 Å². The first-order chi connectivity index (χ1) is 16.6. The lowest BCUT2D eigenvalue weighted by atomic mass is 10.1. The molecule has 178 valence electrons. The maximum absolute atomic E-state index is 13.6. The van der Waals surface area contributed by atoms with Gasteiger partial charge in [0.2, 0.25) is 5.91 Å². The second kappa shape index (κ2) is 10.2. The van der Waals surface area contributed by atoms with Crippen LogP contribution in [0.1, 0.15) is 18.3 Å². The highest BCUT2D eigenvalue weighted by Crippen LogP contribution is 2.33. The van der Waals surface area contributed by atoms with Crippen molar-refractivity contribution in [3.63, 3.8) is 0 Å². The van der Waals surface area contributed by atoms with Crippen molar-refractivity contribution in [2.45, 2.75) is 31.0 Å². The van der Waals surface area contributed by atoms with Gasteiger partial charge in [-0.1, -0.05) is 30.0 Å². The summed E-state index contributed by atoms with van der Waals surface area (Å²) in [5.74, 6) is 0.804. The van der Waals surface area contributed by atoms with Gasteiger partial charge in [-0.2, -0.15) is 0 Å². The third-order valence-electron chi connectivity index (χ3n) is 6.34. The molecule has 1 saturated heterocycles. The number of fused-ring (bicyclic) bond motifs is 1. The molecule has 0 saturated carbocycles. The molecule has 0 spiro atoms. The predicted molar refractivity (Wildman–Crippen MR) is 130 cm³/mol. The fourth-order valence-electron chi connectivity index (χ4n) is 4.63. The number of para-hydroxylation sites is 1.